The van der Waals surface area contributed by atoms with Gasteiger partial charge in [0.25, 0.3) is 0 Å². The Morgan fingerprint density at radius 2 is 2.07 bits per heavy atom. The van der Waals surface area contributed by atoms with Gasteiger partial charge >= 0.3 is 6.09 Å². The Bertz CT molecular complexity index is 763. The molecule has 30 heavy (non-hydrogen) atoms. The minimum absolute atomic E-state index is 0.203. The van der Waals surface area contributed by atoms with E-state index in [4.69, 9.17) is 4.74 Å². The SMILES string of the molecule is CCOC(=O)Nc1ccc(N2CCCC3(CCN(C4CCC(O)CC4)C3=O)C2)nc1. The van der Waals surface area contributed by atoms with Crippen LogP contribution in [0.1, 0.15) is 51.9 Å². The van der Waals surface area contributed by atoms with E-state index in [1.807, 2.05) is 12.1 Å². The maximum atomic E-state index is 13.4. The molecule has 0 aromatic carbocycles. The van der Waals surface area contributed by atoms with Gasteiger partial charge in [0.05, 0.1) is 30.0 Å². The molecule has 2 N–H and O–H groups in total. The quantitative estimate of drug-likeness (QED) is 0.784. The summed E-state index contributed by atoms with van der Waals surface area (Å²) in [7, 11) is 0. The molecule has 1 aromatic rings. The van der Waals surface area contributed by atoms with Crippen molar-refractivity contribution < 1.29 is 19.4 Å². The molecule has 1 unspecified atom stereocenters. The zero-order chi connectivity index (χ0) is 21.1. The van der Waals surface area contributed by atoms with Crippen molar-refractivity contribution in [1.29, 1.82) is 0 Å². The molecule has 2 amide bonds. The summed E-state index contributed by atoms with van der Waals surface area (Å²) in [6.07, 6.45) is 7.12. The predicted molar refractivity (Wildman–Crippen MR) is 113 cm³/mol. The first-order chi connectivity index (χ1) is 14.5. The number of anilines is 2. The maximum Gasteiger partial charge on any atom is 0.411 e. The lowest BCUT2D eigenvalue weighted by Crippen LogP contribution is -2.50. The average molecular weight is 417 g/mol. The molecule has 0 bridgehead atoms. The molecule has 3 aliphatic rings. The Morgan fingerprint density at radius 3 is 2.77 bits per heavy atom. The standard InChI is InChI=1S/C22H32N4O4/c1-2-30-21(29)24-16-4-9-19(23-14-16)25-12-3-10-22(15-25)11-13-26(20(22)28)17-5-7-18(27)8-6-17/h4,9,14,17-18,27H,2-3,5-8,10-13,15H2,1H3,(H,24,29). The van der Waals surface area contributed by atoms with Gasteiger partial charge in [-0.25, -0.2) is 9.78 Å². The summed E-state index contributed by atoms with van der Waals surface area (Å²) in [5, 5.41) is 12.4. The summed E-state index contributed by atoms with van der Waals surface area (Å²) in [6, 6.07) is 3.98. The summed E-state index contributed by atoms with van der Waals surface area (Å²) in [5.41, 5.74) is 0.268. The number of nitrogens with one attached hydrogen (secondary N) is 1. The zero-order valence-corrected chi connectivity index (χ0v) is 17.7. The first-order valence-electron chi connectivity index (χ1n) is 11.1. The number of carbonyl (C=O) groups is 2. The number of aliphatic hydroxyl groups excluding tert-OH is 1. The summed E-state index contributed by atoms with van der Waals surface area (Å²) >= 11 is 0. The van der Waals surface area contributed by atoms with Crippen molar-refractivity contribution in [2.75, 3.05) is 36.5 Å². The van der Waals surface area contributed by atoms with Crippen molar-refractivity contribution in [1.82, 2.24) is 9.88 Å². The van der Waals surface area contributed by atoms with Crippen LogP contribution in [-0.4, -0.2) is 65.4 Å². The van der Waals surface area contributed by atoms with Gasteiger partial charge < -0.3 is 19.6 Å². The summed E-state index contributed by atoms with van der Waals surface area (Å²) in [5.74, 6) is 1.12. The number of nitrogens with zero attached hydrogens (tertiary/aromatic N) is 3. The fraction of sp³-hybridized carbons (Fsp3) is 0.682. The lowest BCUT2D eigenvalue weighted by atomic mass is 9.78. The second kappa shape index (κ2) is 8.79. The number of aliphatic hydroxyl groups is 1. The van der Waals surface area contributed by atoms with E-state index in [9.17, 15) is 14.7 Å². The number of hydrogen-bond acceptors (Lipinski definition) is 6. The number of likely N-dealkylation sites (tertiary alicyclic amines) is 1. The van der Waals surface area contributed by atoms with Crippen molar-refractivity contribution in [2.45, 2.75) is 64.0 Å². The highest BCUT2D eigenvalue weighted by Gasteiger charge is 2.50. The van der Waals surface area contributed by atoms with E-state index in [2.05, 4.69) is 20.1 Å². The first kappa shape index (κ1) is 20.9. The third-order valence-electron chi connectivity index (χ3n) is 6.82. The number of piperidine rings is 1. The lowest BCUT2D eigenvalue weighted by molar-refractivity contribution is -0.139. The van der Waals surface area contributed by atoms with Crippen LogP contribution in [0.5, 0.6) is 0 Å². The van der Waals surface area contributed by atoms with Crippen LogP contribution >= 0.6 is 0 Å². The fourth-order valence-electron chi connectivity index (χ4n) is 5.20. The van der Waals surface area contributed by atoms with E-state index < -0.39 is 6.09 Å². The van der Waals surface area contributed by atoms with Gasteiger partial charge in [-0.1, -0.05) is 0 Å². The third kappa shape index (κ3) is 4.24. The third-order valence-corrected chi connectivity index (χ3v) is 6.82. The summed E-state index contributed by atoms with van der Waals surface area (Å²) in [4.78, 5) is 33.8. The molecule has 8 nitrogen and oxygen atoms in total. The van der Waals surface area contributed by atoms with Crippen LogP contribution in [0, 0.1) is 5.41 Å². The van der Waals surface area contributed by atoms with Crippen LogP contribution in [0.25, 0.3) is 0 Å². The highest BCUT2D eigenvalue weighted by atomic mass is 16.5. The van der Waals surface area contributed by atoms with Crippen molar-refractivity contribution in [3.63, 3.8) is 0 Å². The average Bonchev–Trinajstić information content (AvgIpc) is 3.05. The Hall–Kier alpha value is -2.35. The van der Waals surface area contributed by atoms with Gasteiger partial charge in [0.2, 0.25) is 5.91 Å². The number of carbonyl (C=O) groups excluding carboxylic acids is 2. The number of rotatable bonds is 4. The molecule has 0 radical (unpaired) electrons. The zero-order valence-electron chi connectivity index (χ0n) is 17.7. The van der Waals surface area contributed by atoms with E-state index in [0.29, 0.717) is 18.8 Å². The topological polar surface area (TPSA) is 95.0 Å². The minimum Gasteiger partial charge on any atom is -0.450 e. The highest BCUT2D eigenvalue weighted by Crippen LogP contribution is 2.43. The maximum absolute atomic E-state index is 13.4. The predicted octanol–water partition coefficient (Wildman–Crippen LogP) is 2.77. The number of aromatic nitrogens is 1. The van der Waals surface area contributed by atoms with Gasteiger partial charge in [-0.3, -0.25) is 10.1 Å². The molecule has 4 rings (SSSR count). The molecule has 1 aromatic heterocycles. The van der Waals surface area contributed by atoms with E-state index in [0.717, 1.165) is 63.9 Å². The molecule has 2 aliphatic heterocycles. The van der Waals surface area contributed by atoms with Gasteiger partial charge in [-0.05, 0) is 64.0 Å². The van der Waals surface area contributed by atoms with E-state index in [1.54, 1.807) is 13.1 Å². The van der Waals surface area contributed by atoms with Crippen molar-refractivity contribution in [2.24, 2.45) is 5.41 Å². The Balaban J connectivity index is 1.40. The molecule has 1 aliphatic carbocycles. The van der Waals surface area contributed by atoms with Crippen LogP contribution < -0.4 is 10.2 Å². The minimum atomic E-state index is -0.490. The second-order valence-corrected chi connectivity index (χ2v) is 8.77. The second-order valence-electron chi connectivity index (χ2n) is 8.77. The van der Waals surface area contributed by atoms with Crippen LogP contribution in [0.15, 0.2) is 18.3 Å². The smallest absolute Gasteiger partial charge is 0.411 e. The van der Waals surface area contributed by atoms with Gasteiger partial charge in [0.1, 0.15) is 5.82 Å². The van der Waals surface area contributed by atoms with Crippen molar-refractivity contribution in [3.05, 3.63) is 18.3 Å². The van der Waals surface area contributed by atoms with Crippen LogP contribution in [0.3, 0.4) is 0 Å². The normalized spacial score (nSPS) is 29.3. The van der Waals surface area contributed by atoms with Crippen molar-refractivity contribution in [3.8, 4) is 0 Å². The largest absolute Gasteiger partial charge is 0.450 e. The molecule has 3 fully saturated rings. The number of amides is 2. The number of pyridine rings is 1. The van der Waals surface area contributed by atoms with Gasteiger partial charge in [0, 0.05) is 25.7 Å². The van der Waals surface area contributed by atoms with Crippen molar-refractivity contribution >= 4 is 23.5 Å². The van der Waals surface area contributed by atoms with Gasteiger partial charge in [0.15, 0.2) is 0 Å². The molecule has 2 saturated heterocycles. The lowest BCUT2D eigenvalue weighted by Gasteiger charge is -2.41. The highest BCUT2D eigenvalue weighted by molar-refractivity contribution is 5.86. The first-order valence-corrected chi connectivity index (χ1v) is 11.1. The molecular formula is C22H32N4O4. The Labute approximate surface area is 177 Å². The summed E-state index contributed by atoms with van der Waals surface area (Å²) < 4.78 is 4.89. The van der Waals surface area contributed by atoms with Crippen LogP contribution in [0.4, 0.5) is 16.3 Å². The monoisotopic (exact) mass is 416 g/mol. The molecule has 8 heteroatoms. The number of ether oxygens (including phenoxy) is 1. The van der Waals surface area contributed by atoms with E-state index in [-0.39, 0.29) is 23.5 Å². The molecule has 164 valence electrons. The Morgan fingerprint density at radius 1 is 1.27 bits per heavy atom. The molecule has 1 spiro atoms. The molecule has 3 heterocycles. The molecule has 1 saturated carbocycles. The fourth-order valence-corrected chi connectivity index (χ4v) is 5.20. The van der Waals surface area contributed by atoms with E-state index >= 15 is 0 Å². The van der Waals surface area contributed by atoms with Crippen LogP contribution in [0.2, 0.25) is 0 Å². The molecular weight excluding hydrogens is 384 g/mol. The van der Waals surface area contributed by atoms with Gasteiger partial charge in [-0.2, -0.15) is 0 Å². The summed E-state index contributed by atoms with van der Waals surface area (Å²) in [6.45, 7) is 4.47. The van der Waals surface area contributed by atoms with Gasteiger partial charge in [-0.15, -0.1) is 0 Å². The van der Waals surface area contributed by atoms with E-state index in [1.165, 1.54) is 0 Å². The molecule has 1 atom stereocenters. The Kier molecular flexibility index (Phi) is 6.13. The number of hydrogen-bond donors (Lipinski definition) is 2. The van der Waals surface area contributed by atoms with Crippen LogP contribution in [-0.2, 0) is 9.53 Å².